The number of ether oxygens (including phenoxy) is 1. The molecular formula is C17H23N3O3. The van der Waals surface area contributed by atoms with Crippen LogP contribution in [0.2, 0.25) is 0 Å². The average Bonchev–Trinajstić information content (AvgIpc) is 2.55. The smallest absolute Gasteiger partial charge is 0.269 e. The minimum atomic E-state index is -0.199. The van der Waals surface area contributed by atoms with Crippen LogP contribution in [-0.2, 0) is 6.54 Å². The van der Waals surface area contributed by atoms with E-state index in [1.807, 2.05) is 18.2 Å². The lowest BCUT2D eigenvalue weighted by Gasteiger charge is -2.35. The number of aliphatic hydroxyl groups excluding tert-OH is 1. The number of piperidine rings is 1. The van der Waals surface area contributed by atoms with Crippen molar-refractivity contribution >= 4 is 11.0 Å². The third kappa shape index (κ3) is 3.38. The van der Waals surface area contributed by atoms with E-state index in [2.05, 4.69) is 16.8 Å². The van der Waals surface area contributed by atoms with Gasteiger partial charge in [-0.1, -0.05) is 0 Å². The standard InChI is InChI=1S/C17H23N3O3/c1-12-9-13(21)5-6-19(12)7-8-20-16-10-14(23-2)3-4-15(16)18-11-17(20)22/h3-4,10-13,21H,5-9H2,1-2H3. The van der Waals surface area contributed by atoms with E-state index in [0.717, 1.165) is 37.0 Å². The number of hydrogen-bond donors (Lipinski definition) is 1. The molecule has 0 bridgehead atoms. The maximum absolute atomic E-state index is 12.2. The molecule has 2 unspecified atom stereocenters. The Kier molecular flexibility index (Phi) is 4.63. The first-order valence-electron chi connectivity index (χ1n) is 8.04. The molecule has 6 heteroatoms. The lowest BCUT2D eigenvalue weighted by atomic mass is 10.0. The van der Waals surface area contributed by atoms with Crippen LogP contribution < -0.4 is 10.3 Å². The average molecular weight is 317 g/mol. The van der Waals surface area contributed by atoms with Gasteiger partial charge in [-0.2, -0.15) is 0 Å². The van der Waals surface area contributed by atoms with E-state index in [-0.39, 0.29) is 11.7 Å². The fourth-order valence-electron chi connectivity index (χ4n) is 3.26. The molecule has 0 radical (unpaired) electrons. The van der Waals surface area contributed by atoms with Crippen LogP contribution in [0.5, 0.6) is 5.75 Å². The van der Waals surface area contributed by atoms with Crippen LogP contribution in [0, 0.1) is 0 Å². The Morgan fingerprint density at radius 2 is 2.22 bits per heavy atom. The molecule has 0 amide bonds. The number of nitrogens with zero attached hydrogens (tertiary/aromatic N) is 3. The molecule has 0 aliphatic carbocycles. The minimum Gasteiger partial charge on any atom is -0.497 e. The van der Waals surface area contributed by atoms with Crippen molar-refractivity contribution in [3.63, 3.8) is 0 Å². The fourth-order valence-corrected chi connectivity index (χ4v) is 3.26. The second-order valence-electron chi connectivity index (χ2n) is 6.17. The Labute approximate surface area is 135 Å². The first-order valence-corrected chi connectivity index (χ1v) is 8.04. The molecule has 1 aliphatic heterocycles. The molecule has 1 aromatic heterocycles. The van der Waals surface area contributed by atoms with Crippen molar-refractivity contribution in [3.05, 3.63) is 34.7 Å². The highest BCUT2D eigenvalue weighted by Gasteiger charge is 2.23. The summed E-state index contributed by atoms with van der Waals surface area (Å²) in [5.41, 5.74) is 1.48. The molecule has 0 spiro atoms. The van der Waals surface area contributed by atoms with E-state index in [1.54, 1.807) is 11.7 Å². The number of aliphatic hydroxyl groups is 1. The van der Waals surface area contributed by atoms with Gasteiger partial charge in [0.05, 0.1) is 30.4 Å². The van der Waals surface area contributed by atoms with Crippen molar-refractivity contribution < 1.29 is 9.84 Å². The molecule has 0 saturated carbocycles. The maximum atomic E-state index is 12.2. The summed E-state index contributed by atoms with van der Waals surface area (Å²) >= 11 is 0. The van der Waals surface area contributed by atoms with Crippen LogP contribution in [0.4, 0.5) is 0 Å². The van der Waals surface area contributed by atoms with Gasteiger partial charge in [-0.3, -0.25) is 9.69 Å². The number of benzene rings is 1. The highest BCUT2D eigenvalue weighted by atomic mass is 16.5. The van der Waals surface area contributed by atoms with Gasteiger partial charge in [0.25, 0.3) is 5.56 Å². The number of fused-ring (bicyclic) bond motifs is 1. The van der Waals surface area contributed by atoms with Crippen LogP contribution in [0.3, 0.4) is 0 Å². The van der Waals surface area contributed by atoms with Gasteiger partial charge in [0.15, 0.2) is 0 Å². The van der Waals surface area contributed by atoms with Gasteiger partial charge >= 0.3 is 0 Å². The zero-order valence-electron chi connectivity index (χ0n) is 13.6. The third-order valence-corrected chi connectivity index (χ3v) is 4.65. The Balaban J connectivity index is 1.84. The van der Waals surface area contributed by atoms with Crippen molar-refractivity contribution in [1.29, 1.82) is 0 Å². The first-order chi connectivity index (χ1) is 11.1. The molecule has 2 heterocycles. The highest BCUT2D eigenvalue weighted by molar-refractivity contribution is 5.76. The Hall–Kier alpha value is -1.92. The summed E-state index contributed by atoms with van der Waals surface area (Å²) in [5, 5.41) is 9.72. The van der Waals surface area contributed by atoms with Crippen LogP contribution in [-0.4, -0.2) is 51.9 Å². The minimum absolute atomic E-state index is 0.101. The van der Waals surface area contributed by atoms with Crippen molar-refractivity contribution in [3.8, 4) is 5.75 Å². The number of aromatic nitrogens is 2. The Morgan fingerprint density at radius 1 is 1.39 bits per heavy atom. The molecule has 124 valence electrons. The fraction of sp³-hybridized carbons (Fsp3) is 0.529. The van der Waals surface area contributed by atoms with Crippen molar-refractivity contribution in [2.45, 2.75) is 38.5 Å². The van der Waals surface area contributed by atoms with Gasteiger partial charge in [0.1, 0.15) is 5.75 Å². The Bertz CT molecular complexity index is 743. The first kappa shape index (κ1) is 16.0. The molecular weight excluding hydrogens is 294 g/mol. The molecule has 3 rings (SSSR count). The highest BCUT2D eigenvalue weighted by Crippen LogP contribution is 2.19. The SMILES string of the molecule is COc1ccc2ncc(=O)n(CCN3CCC(O)CC3C)c2c1. The summed E-state index contributed by atoms with van der Waals surface area (Å²) in [6.07, 6.45) is 2.76. The monoisotopic (exact) mass is 317 g/mol. The van der Waals surface area contributed by atoms with E-state index in [4.69, 9.17) is 4.74 Å². The van der Waals surface area contributed by atoms with E-state index < -0.39 is 0 Å². The zero-order valence-corrected chi connectivity index (χ0v) is 13.6. The van der Waals surface area contributed by atoms with Crippen LogP contribution in [0.25, 0.3) is 11.0 Å². The number of rotatable bonds is 4. The van der Waals surface area contributed by atoms with Gasteiger partial charge in [0.2, 0.25) is 0 Å². The van der Waals surface area contributed by atoms with Gasteiger partial charge in [-0.05, 0) is 31.9 Å². The normalized spacial score (nSPS) is 22.4. The topological polar surface area (TPSA) is 67.6 Å². The van der Waals surface area contributed by atoms with Crippen LogP contribution in [0.15, 0.2) is 29.2 Å². The molecule has 23 heavy (non-hydrogen) atoms. The van der Waals surface area contributed by atoms with Gasteiger partial charge < -0.3 is 14.4 Å². The summed E-state index contributed by atoms with van der Waals surface area (Å²) in [7, 11) is 1.61. The van der Waals surface area contributed by atoms with Crippen LogP contribution in [0.1, 0.15) is 19.8 Å². The summed E-state index contributed by atoms with van der Waals surface area (Å²) in [6.45, 7) is 4.37. The molecule has 6 nitrogen and oxygen atoms in total. The largest absolute Gasteiger partial charge is 0.497 e. The van der Waals surface area contributed by atoms with Gasteiger partial charge in [-0.15, -0.1) is 0 Å². The van der Waals surface area contributed by atoms with Crippen molar-refractivity contribution in [1.82, 2.24) is 14.5 Å². The lowest BCUT2D eigenvalue weighted by molar-refractivity contribution is 0.0467. The van der Waals surface area contributed by atoms with Gasteiger partial charge in [0, 0.05) is 31.7 Å². The van der Waals surface area contributed by atoms with Gasteiger partial charge in [-0.25, -0.2) is 4.98 Å². The lowest BCUT2D eigenvalue weighted by Crippen LogP contribution is -2.44. The summed E-state index contributed by atoms with van der Waals surface area (Å²) in [4.78, 5) is 18.8. The predicted octanol–water partition coefficient (Wildman–Crippen LogP) is 1.25. The number of likely N-dealkylation sites (tertiary alicyclic amines) is 1. The molecule has 2 aromatic rings. The summed E-state index contributed by atoms with van der Waals surface area (Å²) in [5.74, 6) is 0.716. The Morgan fingerprint density at radius 3 is 2.96 bits per heavy atom. The second kappa shape index (κ2) is 6.68. The van der Waals surface area contributed by atoms with Crippen molar-refractivity contribution in [2.24, 2.45) is 0 Å². The van der Waals surface area contributed by atoms with E-state index in [1.165, 1.54) is 6.20 Å². The van der Waals surface area contributed by atoms with E-state index in [9.17, 15) is 9.90 Å². The molecule has 1 saturated heterocycles. The molecule has 1 fully saturated rings. The number of hydrogen-bond acceptors (Lipinski definition) is 5. The van der Waals surface area contributed by atoms with Crippen molar-refractivity contribution in [2.75, 3.05) is 20.2 Å². The number of methoxy groups -OCH3 is 1. The molecule has 2 atom stereocenters. The summed E-state index contributed by atoms with van der Waals surface area (Å²) in [6, 6.07) is 5.90. The summed E-state index contributed by atoms with van der Waals surface area (Å²) < 4.78 is 7.01. The predicted molar refractivity (Wildman–Crippen MR) is 88.8 cm³/mol. The molecule has 1 aliphatic rings. The quantitative estimate of drug-likeness (QED) is 0.919. The maximum Gasteiger partial charge on any atom is 0.269 e. The van der Waals surface area contributed by atoms with E-state index >= 15 is 0 Å². The second-order valence-corrected chi connectivity index (χ2v) is 6.17. The zero-order chi connectivity index (χ0) is 16.4. The third-order valence-electron chi connectivity index (χ3n) is 4.65. The molecule has 1 aromatic carbocycles. The van der Waals surface area contributed by atoms with E-state index in [0.29, 0.717) is 18.3 Å². The van der Waals surface area contributed by atoms with Crippen LogP contribution >= 0.6 is 0 Å². The molecule has 1 N–H and O–H groups in total.